The molecule has 0 aromatic carbocycles. The van der Waals surface area contributed by atoms with E-state index >= 15 is 0 Å². The van der Waals surface area contributed by atoms with Crippen LogP contribution in [0.1, 0.15) is 52.9 Å². The molecule has 1 amide bonds. The van der Waals surface area contributed by atoms with Gasteiger partial charge in [-0.25, -0.2) is 0 Å². The van der Waals surface area contributed by atoms with Crippen molar-refractivity contribution < 1.29 is 4.79 Å². The molecular weight excluding hydrogens is 268 g/mol. The first-order valence-electron chi connectivity index (χ1n) is 8.11. The Balaban J connectivity index is 2.11. The van der Waals surface area contributed by atoms with Crippen LogP contribution in [0.15, 0.2) is 0 Å². The Morgan fingerprint density at radius 3 is 2.50 bits per heavy atom. The minimum atomic E-state index is 0.0462. The lowest BCUT2D eigenvalue weighted by Gasteiger charge is -2.33. The van der Waals surface area contributed by atoms with E-state index in [1.165, 1.54) is 25.7 Å². The van der Waals surface area contributed by atoms with E-state index in [1.54, 1.807) is 0 Å². The van der Waals surface area contributed by atoms with Crippen LogP contribution in [0.25, 0.3) is 0 Å². The van der Waals surface area contributed by atoms with E-state index in [1.807, 2.05) is 11.8 Å². The maximum atomic E-state index is 12.8. The molecule has 0 bridgehead atoms. The number of nitrogens with zero attached hydrogens (tertiary/aromatic N) is 1. The van der Waals surface area contributed by atoms with Gasteiger partial charge in [0.2, 0.25) is 5.91 Å². The molecule has 1 heterocycles. The fourth-order valence-electron chi connectivity index (χ4n) is 3.76. The third-order valence-corrected chi connectivity index (χ3v) is 5.48. The SMILES string of the molecule is CSCC(C)N1C(=O)C(CC(C)C)NC1C1CCCC1. The van der Waals surface area contributed by atoms with Gasteiger partial charge in [0.25, 0.3) is 0 Å². The number of amides is 1. The van der Waals surface area contributed by atoms with E-state index in [9.17, 15) is 4.79 Å². The van der Waals surface area contributed by atoms with Gasteiger partial charge in [-0.3, -0.25) is 10.1 Å². The fourth-order valence-corrected chi connectivity index (χ4v) is 4.41. The van der Waals surface area contributed by atoms with Gasteiger partial charge in [0, 0.05) is 11.8 Å². The lowest BCUT2D eigenvalue weighted by Crippen LogP contribution is -2.47. The number of nitrogens with one attached hydrogen (secondary N) is 1. The summed E-state index contributed by atoms with van der Waals surface area (Å²) in [7, 11) is 0. The molecule has 0 aromatic heterocycles. The predicted molar refractivity (Wildman–Crippen MR) is 86.8 cm³/mol. The Labute approximate surface area is 128 Å². The highest BCUT2D eigenvalue weighted by molar-refractivity contribution is 7.98. The summed E-state index contributed by atoms with van der Waals surface area (Å²) in [5, 5.41) is 3.67. The molecule has 0 radical (unpaired) electrons. The van der Waals surface area contributed by atoms with Crippen LogP contribution in [0.5, 0.6) is 0 Å². The van der Waals surface area contributed by atoms with Crippen molar-refractivity contribution in [2.45, 2.75) is 71.1 Å². The van der Waals surface area contributed by atoms with Crippen LogP contribution >= 0.6 is 11.8 Å². The van der Waals surface area contributed by atoms with E-state index in [0.717, 1.165) is 12.2 Å². The molecule has 116 valence electrons. The third-order valence-electron chi connectivity index (χ3n) is 4.66. The number of rotatable bonds is 6. The van der Waals surface area contributed by atoms with Gasteiger partial charge in [-0.1, -0.05) is 26.7 Å². The molecule has 0 aromatic rings. The minimum absolute atomic E-state index is 0.0462. The minimum Gasteiger partial charge on any atom is -0.322 e. The van der Waals surface area contributed by atoms with E-state index in [4.69, 9.17) is 0 Å². The Hall–Kier alpha value is -0.220. The average molecular weight is 298 g/mol. The Bertz CT molecular complexity index is 328. The maximum Gasteiger partial charge on any atom is 0.241 e. The van der Waals surface area contributed by atoms with Gasteiger partial charge in [-0.05, 0) is 44.3 Å². The van der Waals surface area contributed by atoms with Crippen LogP contribution in [0.3, 0.4) is 0 Å². The van der Waals surface area contributed by atoms with Crippen molar-refractivity contribution in [3.63, 3.8) is 0 Å². The molecule has 0 spiro atoms. The van der Waals surface area contributed by atoms with Crippen LogP contribution in [-0.2, 0) is 4.79 Å². The molecule has 3 nitrogen and oxygen atoms in total. The van der Waals surface area contributed by atoms with Crippen molar-refractivity contribution in [2.24, 2.45) is 11.8 Å². The molecular formula is C16H30N2OS. The summed E-state index contributed by atoms with van der Waals surface area (Å²) in [6.07, 6.45) is 8.60. The van der Waals surface area contributed by atoms with Crippen LogP contribution in [0.4, 0.5) is 0 Å². The van der Waals surface area contributed by atoms with Crippen molar-refractivity contribution >= 4 is 17.7 Å². The van der Waals surface area contributed by atoms with Gasteiger partial charge >= 0.3 is 0 Å². The lowest BCUT2D eigenvalue weighted by molar-refractivity contribution is -0.132. The van der Waals surface area contributed by atoms with Crippen molar-refractivity contribution in [1.82, 2.24) is 10.2 Å². The molecule has 2 aliphatic rings. The topological polar surface area (TPSA) is 32.3 Å². The Morgan fingerprint density at radius 2 is 1.95 bits per heavy atom. The monoisotopic (exact) mass is 298 g/mol. The molecule has 3 atom stereocenters. The number of hydrogen-bond donors (Lipinski definition) is 1. The zero-order valence-electron chi connectivity index (χ0n) is 13.4. The van der Waals surface area contributed by atoms with Gasteiger partial charge in [0.05, 0.1) is 12.2 Å². The molecule has 2 fully saturated rings. The van der Waals surface area contributed by atoms with E-state index in [0.29, 0.717) is 23.8 Å². The smallest absolute Gasteiger partial charge is 0.241 e. The molecule has 1 N–H and O–H groups in total. The normalized spacial score (nSPS) is 29.6. The number of hydrogen-bond acceptors (Lipinski definition) is 3. The highest BCUT2D eigenvalue weighted by atomic mass is 32.2. The lowest BCUT2D eigenvalue weighted by atomic mass is 10.0. The molecule has 1 aliphatic carbocycles. The number of thioether (sulfide) groups is 1. The summed E-state index contributed by atoms with van der Waals surface area (Å²) in [4.78, 5) is 15.0. The van der Waals surface area contributed by atoms with Gasteiger partial charge in [-0.15, -0.1) is 0 Å². The molecule has 2 rings (SSSR count). The summed E-state index contributed by atoms with van der Waals surface area (Å²) in [5.74, 6) is 2.61. The molecule has 4 heteroatoms. The second-order valence-corrected chi connectivity index (χ2v) is 7.80. The van der Waals surface area contributed by atoms with E-state index < -0.39 is 0 Å². The second kappa shape index (κ2) is 7.17. The molecule has 3 unspecified atom stereocenters. The van der Waals surface area contributed by atoms with Crippen LogP contribution < -0.4 is 5.32 Å². The van der Waals surface area contributed by atoms with Crippen molar-refractivity contribution in [2.75, 3.05) is 12.0 Å². The first-order valence-corrected chi connectivity index (χ1v) is 9.51. The molecule has 20 heavy (non-hydrogen) atoms. The largest absolute Gasteiger partial charge is 0.322 e. The second-order valence-electron chi connectivity index (χ2n) is 6.89. The summed E-state index contributed by atoms with van der Waals surface area (Å²) >= 11 is 1.84. The van der Waals surface area contributed by atoms with Gasteiger partial charge in [0.1, 0.15) is 0 Å². The quantitative estimate of drug-likeness (QED) is 0.818. The number of carbonyl (C=O) groups is 1. The zero-order valence-corrected chi connectivity index (χ0v) is 14.2. The average Bonchev–Trinajstić information content (AvgIpc) is 2.98. The van der Waals surface area contributed by atoms with Crippen LogP contribution in [0.2, 0.25) is 0 Å². The molecule has 1 saturated carbocycles. The summed E-state index contributed by atoms with van der Waals surface area (Å²) in [6, 6.07) is 0.387. The van der Waals surface area contributed by atoms with Crippen molar-refractivity contribution in [1.29, 1.82) is 0 Å². The van der Waals surface area contributed by atoms with Gasteiger partial charge in [0.15, 0.2) is 0 Å². The fraction of sp³-hybridized carbons (Fsp3) is 0.938. The van der Waals surface area contributed by atoms with Crippen LogP contribution in [-0.4, -0.2) is 41.1 Å². The number of carbonyl (C=O) groups excluding carboxylic acids is 1. The summed E-state index contributed by atoms with van der Waals surface area (Å²) < 4.78 is 0. The Morgan fingerprint density at radius 1 is 1.30 bits per heavy atom. The van der Waals surface area contributed by atoms with E-state index in [-0.39, 0.29) is 12.2 Å². The van der Waals surface area contributed by atoms with E-state index in [2.05, 4.69) is 37.2 Å². The summed E-state index contributed by atoms with van der Waals surface area (Å²) in [6.45, 7) is 6.61. The van der Waals surface area contributed by atoms with Gasteiger partial charge < -0.3 is 4.90 Å². The first kappa shape index (κ1) is 16.2. The molecule has 1 saturated heterocycles. The maximum absolute atomic E-state index is 12.8. The summed E-state index contributed by atoms with van der Waals surface area (Å²) in [5.41, 5.74) is 0. The van der Waals surface area contributed by atoms with Gasteiger partial charge in [-0.2, -0.15) is 11.8 Å². The zero-order chi connectivity index (χ0) is 14.7. The highest BCUT2D eigenvalue weighted by Gasteiger charge is 2.44. The van der Waals surface area contributed by atoms with Crippen LogP contribution in [0, 0.1) is 11.8 Å². The van der Waals surface area contributed by atoms with Crippen molar-refractivity contribution in [3.05, 3.63) is 0 Å². The third kappa shape index (κ3) is 3.51. The Kier molecular flexibility index (Phi) is 5.79. The standard InChI is InChI=1S/C16H30N2OS/c1-11(2)9-14-16(19)18(12(3)10-20-4)15(17-14)13-7-5-6-8-13/h11-15,17H,5-10H2,1-4H3. The highest BCUT2D eigenvalue weighted by Crippen LogP contribution is 2.34. The van der Waals surface area contributed by atoms with Crippen molar-refractivity contribution in [3.8, 4) is 0 Å². The predicted octanol–water partition coefficient (Wildman–Crippen LogP) is 3.10. The molecule has 1 aliphatic heterocycles. The first-order chi connectivity index (χ1) is 9.54.